The standard InChI is InChI=1S/C12H13BrN2O2/c1-15(6-2-3-12(16)17)11-5-4-9(8-14)7-10(11)13/h4-5,7H,2-3,6H2,1H3,(H,16,17). The van der Waals surface area contributed by atoms with Crippen molar-refractivity contribution in [2.24, 2.45) is 0 Å². The number of anilines is 1. The minimum atomic E-state index is -0.780. The normalized spacial score (nSPS) is 9.71. The third kappa shape index (κ3) is 4.08. The van der Waals surface area contributed by atoms with Crippen molar-refractivity contribution < 1.29 is 9.90 Å². The van der Waals surface area contributed by atoms with Crippen molar-refractivity contribution in [3.63, 3.8) is 0 Å². The van der Waals surface area contributed by atoms with Gasteiger partial charge < -0.3 is 10.0 Å². The van der Waals surface area contributed by atoms with E-state index >= 15 is 0 Å². The lowest BCUT2D eigenvalue weighted by Crippen LogP contribution is -2.19. The van der Waals surface area contributed by atoms with Crippen LogP contribution in [0.25, 0.3) is 0 Å². The lowest BCUT2D eigenvalue weighted by Gasteiger charge is -2.20. The topological polar surface area (TPSA) is 64.3 Å². The van der Waals surface area contributed by atoms with Crippen molar-refractivity contribution >= 4 is 27.6 Å². The second-order valence-corrected chi connectivity index (χ2v) is 4.55. The van der Waals surface area contributed by atoms with E-state index in [1.165, 1.54) is 0 Å². The Morgan fingerprint density at radius 3 is 2.82 bits per heavy atom. The molecule has 0 aliphatic carbocycles. The molecule has 90 valence electrons. The summed E-state index contributed by atoms with van der Waals surface area (Å²) in [7, 11) is 1.90. The second kappa shape index (κ2) is 6.26. The Kier molecular flexibility index (Phi) is 4.98. The molecule has 0 unspecified atom stereocenters. The van der Waals surface area contributed by atoms with E-state index in [9.17, 15) is 4.79 Å². The maximum atomic E-state index is 10.4. The van der Waals surface area contributed by atoms with Crippen molar-refractivity contribution in [2.75, 3.05) is 18.5 Å². The number of hydrogen-bond donors (Lipinski definition) is 1. The summed E-state index contributed by atoms with van der Waals surface area (Å²) in [5.74, 6) is -0.780. The lowest BCUT2D eigenvalue weighted by atomic mass is 10.2. The molecule has 0 aliphatic heterocycles. The third-order valence-corrected chi connectivity index (χ3v) is 3.01. The highest BCUT2D eigenvalue weighted by molar-refractivity contribution is 9.10. The highest BCUT2D eigenvalue weighted by Gasteiger charge is 2.07. The van der Waals surface area contributed by atoms with Crippen LogP contribution in [0.1, 0.15) is 18.4 Å². The van der Waals surface area contributed by atoms with Crippen molar-refractivity contribution in [3.8, 4) is 6.07 Å². The molecule has 0 saturated heterocycles. The van der Waals surface area contributed by atoms with Crippen LogP contribution in [0.15, 0.2) is 22.7 Å². The molecule has 0 aromatic heterocycles. The fourth-order valence-electron chi connectivity index (χ4n) is 1.47. The molecular formula is C12H13BrN2O2. The number of aliphatic carboxylic acids is 1. The number of carbonyl (C=O) groups is 1. The molecule has 0 radical (unpaired) electrons. The van der Waals surface area contributed by atoms with Gasteiger partial charge in [-0.1, -0.05) is 0 Å². The second-order valence-electron chi connectivity index (χ2n) is 3.70. The van der Waals surface area contributed by atoms with Crippen molar-refractivity contribution in [1.29, 1.82) is 5.26 Å². The van der Waals surface area contributed by atoms with Gasteiger partial charge in [0, 0.05) is 24.5 Å². The molecule has 0 heterocycles. The quantitative estimate of drug-likeness (QED) is 0.907. The molecule has 1 rings (SSSR count). The number of rotatable bonds is 5. The van der Waals surface area contributed by atoms with Crippen LogP contribution in [0.4, 0.5) is 5.69 Å². The molecule has 4 nitrogen and oxygen atoms in total. The van der Waals surface area contributed by atoms with Crippen molar-refractivity contribution in [1.82, 2.24) is 0 Å². The zero-order valence-corrected chi connectivity index (χ0v) is 11.1. The first kappa shape index (κ1) is 13.5. The van der Waals surface area contributed by atoms with Crippen LogP contribution in [-0.2, 0) is 4.79 Å². The average molecular weight is 297 g/mol. The summed E-state index contributed by atoms with van der Waals surface area (Å²) in [6.45, 7) is 0.663. The largest absolute Gasteiger partial charge is 0.481 e. The highest BCUT2D eigenvalue weighted by atomic mass is 79.9. The predicted molar refractivity (Wildman–Crippen MR) is 69.0 cm³/mol. The number of carboxylic acid groups (broad SMARTS) is 1. The van der Waals surface area contributed by atoms with E-state index in [0.29, 0.717) is 18.5 Å². The van der Waals surface area contributed by atoms with Crippen LogP contribution in [0.3, 0.4) is 0 Å². The Balaban J connectivity index is 2.66. The molecule has 17 heavy (non-hydrogen) atoms. The average Bonchev–Trinajstić information content (AvgIpc) is 2.28. The van der Waals surface area contributed by atoms with Crippen LogP contribution < -0.4 is 4.90 Å². The van der Waals surface area contributed by atoms with E-state index in [-0.39, 0.29) is 6.42 Å². The Bertz CT molecular complexity index is 454. The summed E-state index contributed by atoms with van der Waals surface area (Å²) in [6.07, 6.45) is 0.760. The summed E-state index contributed by atoms with van der Waals surface area (Å²) in [4.78, 5) is 12.4. The van der Waals surface area contributed by atoms with Crippen LogP contribution >= 0.6 is 15.9 Å². The Labute approximate surface area is 109 Å². The summed E-state index contributed by atoms with van der Waals surface area (Å²) < 4.78 is 0.842. The summed E-state index contributed by atoms with van der Waals surface area (Å²) in [5.41, 5.74) is 1.55. The molecule has 5 heteroatoms. The van der Waals surface area contributed by atoms with Crippen LogP contribution in [0.2, 0.25) is 0 Å². The third-order valence-electron chi connectivity index (χ3n) is 2.37. The fourth-order valence-corrected chi connectivity index (χ4v) is 2.16. The van der Waals surface area contributed by atoms with Crippen LogP contribution in [-0.4, -0.2) is 24.7 Å². The predicted octanol–water partition coefficient (Wildman–Crippen LogP) is 2.62. The molecule has 0 saturated carbocycles. The minimum Gasteiger partial charge on any atom is -0.481 e. The Morgan fingerprint density at radius 2 is 2.29 bits per heavy atom. The first-order valence-electron chi connectivity index (χ1n) is 5.17. The number of nitriles is 1. The van der Waals surface area contributed by atoms with Gasteiger partial charge in [-0.05, 0) is 40.5 Å². The summed E-state index contributed by atoms with van der Waals surface area (Å²) >= 11 is 3.40. The minimum absolute atomic E-state index is 0.165. The van der Waals surface area contributed by atoms with E-state index in [0.717, 1.165) is 10.2 Å². The highest BCUT2D eigenvalue weighted by Crippen LogP contribution is 2.26. The van der Waals surface area contributed by atoms with E-state index in [1.54, 1.807) is 12.1 Å². The number of carboxylic acids is 1. The molecule has 1 aromatic carbocycles. The van der Waals surface area contributed by atoms with Gasteiger partial charge in [-0.15, -0.1) is 0 Å². The van der Waals surface area contributed by atoms with Gasteiger partial charge in [0.05, 0.1) is 17.3 Å². The summed E-state index contributed by atoms with van der Waals surface area (Å²) in [5, 5.41) is 17.3. The number of hydrogen-bond acceptors (Lipinski definition) is 3. The van der Waals surface area contributed by atoms with Gasteiger partial charge in [-0.25, -0.2) is 0 Å². The fraction of sp³-hybridized carbons (Fsp3) is 0.333. The zero-order chi connectivity index (χ0) is 12.8. The van der Waals surface area contributed by atoms with Gasteiger partial charge >= 0.3 is 5.97 Å². The smallest absolute Gasteiger partial charge is 0.303 e. The first-order valence-corrected chi connectivity index (χ1v) is 5.96. The molecule has 0 aliphatic rings. The van der Waals surface area contributed by atoms with Gasteiger partial charge in [0.2, 0.25) is 0 Å². The van der Waals surface area contributed by atoms with Crippen molar-refractivity contribution in [2.45, 2.75) is 12.8 Å². The molecule has 0 bridgehead atoms. The number of halogens is 1. The zero-order valence-electron chi connectivity index (χ0n) is 9.48. The van der Waals surface area contributed by atoms with Gasteiger partial charge in [-0.2, -0.15) is 5.26 Å². The van der Waals surface area contributed by atoms with E-state index < -0.39 is 5.97 Å². The van der Waals surface area contributed by atoms with Crippen LogP contribution in [0, 0.1) is 11.3 Å². The summed E-state index contributed by atoms with van der Waals surface area (Å²) in [6, 6.07) is 7.41. The SMILES string of the molecule is CN(CCCC(=O)O)c1ccc(C#N)cc1Br. The van der Waals surface area contributed by atoms with Gasteiger partial charge in [0.1, 0.15) is 0 Å². The monoisotopic (exact) mass is 296 g/mol. The van der Waals surface area contributed by atoms with Gasteiger partial charge in [0.25, 0.3) is 0 Å². The number of benzene rings is 1. The Morgan fingerprint density at radius 1 is 1.59 bits per heavy atom. The molecule has 0 amide bonds. The molecule has 0 fully saturated rings. The van der Waals surface area contributed by atoms with E-state index in [1.807, 2.05) is 18.0 Å². The molecular weight excluding hydrogens is 284 g/mol. The van der Waals surface area contributed by atoms with Crippen LogP contribution in [0.5, 0.6) is 0 Å². The molecule has 0 spiro atoms. The lowest BCUT2D eigenvalue weighted by molar-refractivity contribution is -0.137. The van der Waals surface area contributed by atoms with Gasteiger partial charge in [-0.3, -0.25) is 4.79 Å². The molecule has 0 atom stereocenters. The maximum Gasteiger partial charge on any atom is 0.303 e. The van der Waals surface area contributed by atoms with E-state index in [2.05, 4.69) is 22.0 Å². The van der Waals surface area contributed by atoms with Gasteiger partial charge in [0.15, 0.2) is 0 Å². The maximum absolute atomic E-state index is 10.4. The molecule has 1 aromatic rings. The van der Waals surface area contributed by atoms with Crippen molar-refractivity contribution in [3.05, 3.63) is 28.2 Å². The molecule has 1 N–H and O–H groups in total. The number of nitrogens with zero attached hydrogens (tertiary/aromatic N) is 2. The first-order chi connectivity index (χ1) is 8.04. The Hall–Kier alpha value is -1.54. The van der Waals surface area contributed by atoms with E-state index in [4.69, 9.17) is 10.4 Å².